The van der Waals surface area contributed by atoms with Crippen molar-refractivity contribution in [2.24, 2.45) is 5.10 Å². The van der Waals surface area contributed by atoms with Crippen molar-refractivity contribution >= 4 is 45.4 Å². The van der Waals surface area contributed by atoms with Gasteiger partial charge in [-0.3, -0.25) is 4.79 Å². The summed E-state index contributed by atoms with van der Waals surface area (Å²) in [5.41, 5.74) is 2.93. The van der Waals surface area contributed by atoms with Gasteiger partial charge in [0.25, 0.3) is 5.91 Å². The average Bonchev–Trinajstić information content (AvgIpc) is 2.85. The normalized spacial score (nSPS) is 11.3. The van der Waals surface area contributed by atoms with Crippen LogP contribution in [0.2, 0.25) is 10.0 Å². The minimum Gasteiger partial charge on any atom is -0.490 e. The van der Waals surface area contributed by atoms with Crippen molar-refractivity contribution in [3.8, 4) is 17.2 Å². The van der Waals surface area contributed by atoms with Crippen molar-refractivity contribution in [1.29, 1.82) is 0 Å². The van der Waals surface area contributed by atoms with Crippen LogP contribution in [0.4, 0.5) is 0 Å². The summed E-state index contributed by atoms with van der Waals surface area (Å²) < 4.78 is 41.8. The molecule has 11 heteroatoms. The highest BCUT2D eigenvalue weighted by atomic mass is 35.5. The van der Waals surface area contributed by atoms with Crippen LogP contribution in [-0.4, -0.2) is 33.8 Å². The molecular weight excluding hydrogens is 527 g/mol. The number of hydrogen-bond donors (Lipinski definition) is 1. The summed E-state index contributed by atoms with van der Waals surface area (Å²) in [6.07, 6.45) is 2.07. The summed E-state index contributed by atoms with van der Waals surface area (Å²) in [5, 5.41) is 4.65. The second kappa shape index (κ2) is 12.6. The summed E-state index contributed by atoms with van der Waals surface area (Å²) in [4.78, 5) is 12.6. The second-order valence-corrected chi connectivity index (χ2v) is 9.73. The first kappa shape index (κ1) is 27.3. The number of nitrogens with one attached hydrogen (secondary N) is 1. The van der Waals surface area contributed by atoms with E-state index in [0.29, 0.717) is 40.3 Å². The maximum absolute atomic E-state index is 12.7. The molecule has 1 N–H and O–H groups in total. The molecule has 0 aliphatic carbocycles. The third kappa shape index (κ3) is 7.36. The Morgan fingerprint density at radius 3 is 2.31 bits per heavy atom. The van der Waals surface area contributed by atoms with Crippen LogP contribution in [0.5, 0.6) is 17.2 Å². The maximum Gasteiger partial charge on any atom is 0.339 e. The molecule has 0 bridgehead atoms. The largest absolute Gasteiger partial charge is 0.490 e. The third-order valence-electron chi connectivity index (χ3n) is 4.61. The number of amides is 1. The molecule has 0 aromatic heterocycles. The summed E-state index contributed by atoms with van der Waals surface area (Å²) >= 11 is 11.9. The molecule has 0 aliphatic rings. The van der Waals surface area contributed by atoms with Crippen molar-refractivity contribution in [2.45, 2.75) is 25.2 Å². The van der Waals surface area contributed by atoms with Crippen LogP contribution in [0.15, 0.2) is 70.7 Å². The minimum absolute atomic E-state index is 0.0246. The summed E-state index contributed by atoms with van der Waals surface area (Å²) in [7, 11) is -4.15. The molecule has 36 heavy (non-hydrogen) atoms. The smallest absolute Gasteiger partial charge is 0.339 e. The van der Waals surface area contributed by atoms with E-state index in [1.165, 1.54) is 48.7 Å². The highest BCUT2D eigenvalue weighted by molar-refractivity contribution is 7.87. The zero-order chi connectivity index (χ0) is 26.1. The Morgan fingerprint density at radius 1 is 0.917 bits per heavy atom. The standard InChI is InChI=1S/C25H24Cl2N2O6S/c1-3-13-34-23-11-5-17(15-24(23)33-4-2)25(30)29-28-16-18-14-20(27)8-12-22(18)35-36(31,32)21-9-6-19(26)7-10-21/h5-12,14-16H,3-4,13H2,1-2H3,(H,29,30)/b28-16+. The van der Waals surface area contributed by atoms with Crippen LogP contribution < -0.4 is 19.1 Å². The average molecular weight is 551 g/mol. The van der Waals surface area contributed by atoms with E-state index < -0.39 is 16.0 Å². The van der Waals surface area contributed by atoms with Crippen LogP contribution in [0.25, 0.3) is 0 Å². The van der Waals surface area contributed by atoms with Crippen molar-refractivity contribution in [3.05, 3.63) is 81.8 Å². The Hall–Kier alpha value is -3.27. The fourth-order valence-electron chi connectivity index (χ4n) is 2.94. The molecule has 0 fully saturated rings. The SMILES string of the molecule is CCCOc1ccc(C(=O)N/N=C/c2cc(Cl)ccc2OS(=O)(=O)c2ccc(Cl)cc2)cc1OCC. The van der Waals surface area contributed by atoms with Gasteiger partial charge in [-0.15, -0.1) is 0 Å². The lowest BCUT2D eigenvalue weighted by molar-refractivity contribution is 0.0954. The fourth-order valence-corrected chi connectivity index (χ4v) is 4.20. The van der Waals surface area contributed by atoms with E-state index >= 15 is 0 Å². The lowest BCUT2D eigenvalue weighted by atomic mass is 10.2. The number of carbonyl (C=O) groups is 1. The quantitative estimate of drug-likeness (QED) is 0.186. The number of ether oxygens (including phenoxy) is 2. The van der Waals surface area contributed by atoms with Crippen LogP contribution >= 0.6 is 23.2 Å². The molecule has 0 radical (unpaired) electrons. The molecule has 190 valence electrons. The van der Waals surface area contributed by atoms with Crippen molar-refractivity contribution in [3.63, 3.8) is 0 Å². The summed E-state index contributed by atoms with van der Waals surface area (Å²) in [6, 6.07) is 14.7. The molecule has 8 nitrogen and oxygen atoms in total. The summed E-state index contributed by atoms with van der Waals surface area (Å²) in [6.45, 7) is 4.75. The molecule has 3 aromatic carbocycles. The highest BCUT2D eigenvalue weighted by Gasteiger charge is 2.18. The fraction of sp³-hybridized carbons (Fsp3) is 0.200. The van der Waals surface area contributed by atoms with Gasteiger partial charge in [-0.1, -0.05) is 30.1 Å². The van der Waals surface area contributed by atoms with Gasteiger partial charge in [-0.2, -0.15) is 13.5 Å². The van der Waals surface area contributed by atoms with Gasteiger partial charge < -0.3 is 13.7 Å². The van der Waals surface area contributed by atoms with Gasteiger partial charge in [0.2, 0.25) is 0 Å². The molecule has 3 rings (SSSR count). The summed E-state index contributed by atoms with van der Waals surface area (Å²) in [5.74, 6) is 0.456. The number of hydrazone groups is 1. The van der Waals surface area contributed by atoms with Crippen LogP contribution in [0.3, 0.4) is 0 Å². The Kier molecular flexibility index (Phi) is 9.58. The van der Waals surface area contributed by atoms with E-state index in [2.05, 4.69) is 10.5 Å². The van der Waals surface area contributed by atoms with Crippen molar-refractivity contribution < 1.29 is 26.9 Å². The minimum atomic E-state index is -4.15. The van der Waals surface area contributed by atoms with Crippen LogP contribution in [0.1, 0.15) is 36.2 Å². The number of rotatable bonds is 11. The predicted molar refractivity (Wildman–Crippen MR) is 139 cm³/mol. The number of hydrogen-bond acceptors (Lipinski definition) is 7. The van der Waals surface area contributed by atoms with E-state index in [0.717, 1.165) is 6.42 Å². The third-order valence-corrected chi connectivity index (χ3v) is 6.35. The molecule has 0 aliphatic heterocycles. The Bertz CT molecular complexity index is 1350. The molecule has 0 spiro atoms. The molecule has 0 unspecified atom stereocenters. The van der Waals surface area contributed by atoms with Gasteiger partial charge in [0, 0.05) is 21.2 Å². The number of halogens is 2. The molecular formula is C25H24Cl2N2O6S. The van der Waals surface area contributed by atoms with Crippen LogP contribution in [-0.2, 0) is 10.1 Å². The first-order chi connectivity index (χ1) is 17.2. The Balaban J connectivity index is 1.77. The first-order valence-corrected chi connectivity index (χ1v) is 13.1. The van der Waals surface area contributed by atoms with Gasteiger partial charge >= 0.3 is 10.1 Å². The predicted octanol–water partition coefficient (Wildman–Crippen LogP) is 5.71. The van der Waals surface area contributed by atoms with E-state index in [1.54, 1.807) is 18.2 Å². The van der Waals surface area contributed by atoms with Crippen molar-refractivity contribution in [2.75, 3.05) is 13.2 Å². The van der Waals surface area contributed by atoms with Gasteiger partial charge in [0.15, 0.2) is 17.2 Å². The van der Waals surface area contributed by atoms with E-state index in [9.17, 15) is 13.2 Å². The molecule has 1 amide bonds. The van der Waals surface area contributed by atoms with Gasteiger partial charge in [0.05, 0.1) is 19.4 Å². The lowest BCUT2D eigenvalue weighted by Crippen LogP contribution is -2.18. The molecule has 3 aromatic rings. The zero-order valence-corrected chi connectivity index (χ0v) is 21.9. The van der Waals surface area contributed by atoms with E-state index in [4.69, 9.17) is 36.9 Å². The zero-order valence-electron chi connectivity index (χ0n) is 19.5. The first-order valence-electron chi connectivity index (χ1n) is 11.0. The number of carbonyl (C=O) groups excluding carboxylic acids is 1. The number of benzene rings is 3. The molecule has 0 heterocycles. The van der Waals surface area contributed by atoms with Gasteiger partial charge in [-0.05, 0) is 74.0 Å². The molecule has 0 saturated carbocycles. The van der Waals surface area contributed by atoms with Gasteiger partial charge in [-0.25, -0.2) is 5.43 Å². The topological polar surface area (TPSA) is 103 Å². The monoisotopic (exact) mass is 550 g/mol. The lowest BCUT2D eigenvalue weighted by Gasteiger charge is -2.12. The Labute approximate surface area is 219 Å². The van der Waals surface area contributed by atoms with Crippen LogP contribution in [0, 0.1) is 0 Å². The second-order valence-electron chi connectivity index (χ2n) is 7.32. The molecule has 0 saturated heterocycles. The highest BCUT2D eigenvalue weighted by Crippen LogP contribution is 2.29. The Morgan fingerprint density at radius 2 is 1.61 bits per heavy atom. The molecule has 0 atom stereocenters. The van der Waals surface area contributed by atoms with E-state index in [1.807, 2.05) is 13.8 Å². The van der Waals surface area contributed by atoms with E-state index in [-0.39, 0.29) is 16.2 Å². The van der Waals surface area contributed by atoms with Crippen molar-refractivity contribution in [1.82, 2.24) is 5.43 Å². The number of nitrogens with zero attached hydrogens (tertiary/aromatic N) is 1. The maximum atomic E-state index is 12.7. The van der Waals surface area contributed by atoms with Gasteiger partial charge in [0.1, 0.15) is 4.90 Å².